The monoisotopic (exact) mass is 189 g/mol. The molecule has 1 aliphatic rings. The lowest BCUT2D eigenvalue weighted by Gasteiger charge is -2.10. The van der Waals surface area contributed by atoms with E-state index in [1.165, 1.54) is 11.1 Å². The summed E-state index contributed by atoms with van der Waals surface area (Å²) in [7, 11) is 0. The van der Waals surface area contributed by atoms with Crippen molar-refractivity contribution in [1.82, 2.24) is 5.32 Å². The van der Waals surface area contributed by atoms with Crippen LogP contribution in [-0.2, 0) is 6.54 Å². The zero-order valence-corrected chi connectivity index (χ0v) is 9.25. The van der Waals surface area contributed by atoms with Crippen molar-refractivity contribution in [3.05, 3.63) is 41.6 Å². The third-order valence-electron chi connectivity index (χ3n) is 1.73. The molecule has 1 nitrogen and oxygen atoms in total. The molecule has 1 aromatic rings. The van der Waals surface area contributed by atoms with Crippen molar-refractivity contribution in [2.24, 2.45) is 5.92 Å². The van der Waals surface area contributed by atoms with Crippen LogP contribution in [0.15, 0.2) is 30.5 Å². The average Bonchev–Trinajstić information content (AvgIpc) is 2.17. The number of benzene rings is 1. The minimum absolute atomic E-state index is 0.833. The molecular formula is C13H19N. The zero-order valence-electron chi connectivity index (χ0n) is 9.25. The maximum atomic E-state index is 3.16. The smallest absolute Gasteiger partial charge is 0.0401 e. The van der Waals surface area contributed by atoms with Crippen LogP contribution < -0.4 is 5.32 Å². The molecule has 1 aromatic carbocycles. The minimum Gasteiger partial charge on any atom is -0.387 e. The molecule has 0 aliphatic carbocycles. The summed E-state index contributed by atoms with van der Waals surface area (Å²) in [4.78, 5) is 0. The highest BCUT2D eigenvalue weighted by Gasteiger charge is 1.99. The Bertz CT molecular complexity index is 297. The van der Waals surface area contributed by atoms with E-state index in [-0.39, 0.29) is 0 Å². The van der Waals surface area contributed by atoms with Gasteiger partial charge in [-0.3, -0.25) is 0 Å². The molecule has 76 valence electrons. The van der Waals surface area contributed by atoms with Gasteiger partial charge in [0.05, 0.1) is 0 Å². The zero-order chi connectivity index (χ0) is 10.4. The highest BCUT2D eigenvalue weighted by molar-refractivity contribution is 5.55. The molecular weight excluding hydrogens is 170 g/mol. The Labute approximate surface area is 86.8 Å². The summed E-state index contributed by atoms with van der Waals surface area (Å²) < 4.78 is 0. The van der Waals surface area contributed by atoms with Gasteiger partial charge in [-0.15, -0.1) is 0 Å². The highest BCUT2D eigenvalue weighted by atomic mass is 14.8. The first-order chi connectivity index (χ1) is 6.70. The summed E-state index contributed by atoms with van der Waals surface area (Å²) in [6.07, 6.45) is 4.08. The average molecular weight is 189 g/mol. The van der Waals surface area contributed by atoms with Gasteiger partial charge in [-0.25, -0.2) is 0 Å². The van der Waals surface area contributed by atoms with Crippen molar-refractivity contribution in [1.29, 1.82) is 0 Å². The quantitative estimate of drug-likeness (QED) is 0.659. The topological polar surface area (TPSA) is 12.0 Å². The van der Waals surface area contributed by atoms with Crippen LogP contribution in [0.4, 0.5) is 0 Å². The van der Waals surface area contributed by atoms with E-state index in [1.807, 2.05) is 6.20 Å². The maximum Gasteiger partial charge on any atom is 0.0401 e. The Morgan fingerprint density at radius 3 is 2.43 bits per heavy atom. The Hall–Kier alpha value is -1.24. The molecule has 0 saturated heterocycles. The van der Waals surface area contributed by atoms with Crippen LogP contribution >= 0.6 is 0 Å². The molecule has 0 amide bonds. The van der Waals surface area contributed by atoms with Gasteiger partial charge >= 0.3 is 0 Å². The van der Waals surface area contributed by atoms with Gasteiger partial charge in [-0.05, 0) is 29.3 Å². The number of fused-ring (bicyclic) bond motifs is 1. The Balaban J connectivity index is 0.000000213. The van der Waals surface area contributed by atoms with Crippen LogP contribution in [0.5, 0.6) is 0 Å². The molecule has 0 atom stereocenters. The lowest BCUT2D eigenvalue weighted by Crippen LogP contribution is -2.09. The molecule has 0 saturated carbocycles. The van der Waals surface area contributed by atoms with Gasteiger partial charge in [0.25, 0.3) is 0 Å². The SMILES string of the molecule is C1=Cc2ccccc2CN1.CC(C)C. The fourth-order valence-corrected chi connectivity index (χ4v) is 1.18. The number of hydrogen-bond acceptors (Lipinski definition) is 1. The van der Waals surface area contributed by atoms with E-state index in [9.17, 15) is 0 Å². The summed E-state index contributed by atoms with van der Waals surface area (Å²) in [5, 5.41) is 3.16. The Kier molecular flexibility index (Phi) is 4.24. The molecule has 0 fully saturated rings. The molecule has 0 radical (unpaired) electrons. The molecule has 1 heterocycles. The third kappa shape index (κ3) is 3.65. The fraction of sp³-hybridized carbons (Fsp3) is 0.385. The lowest BCUT2D eigenvalue weighted by atomic mass is 10.1. The third-order valence-corrected chi connectivity index (χ3v) is 1.73. The van der Waals surface area contributed by atoms with Crippen LogP contribution in [0.3, 0.4) is 0 Å². The summed E-state index contributed by atoms with van der Waals surface area (Å²) in [5.74, 6) is 0.833. The number of nitrogens with one attached hydrogen (secondary N) is 1. The van der Waals surface area contributed by atoms with Gasteiger partial charge in [0.2, 0.25) is 0 Å². The van der Waals surface area contributed by atoms with Crippen LogP contribution in [0.1, 0.15) is 31.9 Å². The summed E-state index contributed by atoms with van der Waals surface area (Å²) in [5.41, 5.74) is 2.71. The van der Waals surface area contributed by atoms with E-state index >= 15 is 0 Å². The second-order valence-electron chi connectivity index (χ2n) is 4.15. The predicted molar refractivity (Wildman–Crippen MR) is 62.8 cm³/mol. The molecule has 0 aromatic heterocycles. The first-order valence-electron chi connectivity index (χ1n) is 5.18. The summed E-state index contributed by atoms with van der Waals surface area (Å²) in [6.45, 7) is 7.46. The molecule has 2 rings (SSSR count). The first-order valence-corrected chi connectivity index (χ1v) is 5.18. The summed E-state index contributed by atoms with van der Waals surface area (Å²) in [6, 6.07) is 8.41. The van der Waals surface area contributed by atoms with Gasteiger partial charge in [0.1, 0.15) is 0 Å². The van der Waals surface area contributed by atoms with Crippen molar-refractivity contribution in [2.75, 3.05) is 0 Å². The standard InChI is InChI=1S/C9H9N.C4H10/c1-2-4-9-7-10-6-5-8(9)3-1;1-4(2)3/h1-6,10H,7H2;4H,1-3H3. The van der Waals surface area contributed by atoms with Gasteiger partial charge < -0.3 is 5.32 Å². The van der Waals surface area contributed by atoms with Crippen LogP contribution in [-0.4, -0.2) is 0 Å². The lowest BCUT2D eigenvalue weighted by molar-refractivity contribution is 0.737. The van der Waals surface area contributed by atoms with Crippen LogP contribution in [0.25, 0.3) is 6.08 Å². The molecule has 14 heavy (non-hydrogen) atoms. The van der Waals surface area contributed by atoms with E-state index in [1.54, 1.807) is 0 Å². The molecule has 1 heteroatoms. The molecule has 0 spiro atoms. The molecule has 1 N–H and O–H groups in total. The van der Waals surface area contributed by atoms with Gasteiger partial charge in [0.15, 0.2) is 0 Å². The van der Waals surface area contributed by atoms with Gasteiger partial charge in [-0.2, -0.15) is 0 Å². The summed E-state index contributed by atoms with van der Waals surface area (Å²) >= 11 is 0. The number of rotatable bonds is 0. The molecule has 0 bridgehead atoms. The first kappa shape index (κ1) is 10.8. The van der Waals surface area contributed by atoms with E-state index < -0.39 is 0 Å². The number of hydrogen-bond donors (Lipinski definition) is 1. The minimum atomic E-state index is 0.833. The van der Waals surface area contributed by atoms with Crippen molar-refractivity contribution in [3.8, 4) is 0 Å². The van der Waals surface area contributed by atoms with Crippen molar-refractivity contribution in [3.63, 3.8) is 0 Å². The second kappa shape index (κ2) is 5.48. The van der Waals surface area contributed by atoms with E-state index in [0.717, 1.165) is 12.5 Å². The molecule has 0 unspecified atom stereocenters. The van der Waals surface area contributed by atoms with Crippen molar-refractivity contribution in [2.45, 2.75) is 27.3 Å². The van der Waals surface area contributed by atoms with E-state index in [0.29, 0.717) is 0 Å². The highest BCUT2D eigenvalue weighted by Crippen LogP contribution is 2.12. The van der Waals surface area contributed by atoms with Gasteiger partial charge in [-0.1, -0.05) is 45.0 Å². The normalized spacial score (nSPS) is 12.6. The van der Waals surface area contributed by atoms with Gasteiger partial charge in [0, 0.05) is 6.54 Å². The largest absolute Gasteiger partial charge is 0.387 e. The maximum absolute atomic E-state index is 3.16. The van der Waals surface area contributed by atoms with E-state index in [4.69, 9.17) is 0 Å². The van der Waals surface area contributed by atoms with Crippen molar-refractivity contribution < 1.29 is 0 Å². The Morgan fingerprint density at radius 2 is 1.79 bits per heavy atom. The second-order valence-corrected chi connectivity index (χ2v) is 4.15. The van der Waals surface area contributed by atoms with E-state index in [2.05, 4.69) is 56.4 Å². The fourth-order valence-electron chi connectivity index (χ4n) is 1.18. The Morgan fingerprint density at radius 1 is 1.14 bits per heavy atom. The van der Waals surface area contributed by atoms with Crippen LogP contribution in [0.2, 0.25) is 0 Å². The molecule has 1 aliphatic heterocycles. The van der Waals surface area contributed by atoms with Crippen molar-refractivity contribution >= 4 is 6.08 Å². The van der Waals surface area contributed by atoms with Crippen LogP contribution in [0, 0.1) is 5.92 Å². The predicted octanol–water partition coefficient (Wildman–Crippen LogP) is 3.42.